The van der Waals surface area contributed by atoms with Gasteiger partial charge in [-0.05, 0) is 55.3 Å². The molecule has 120 valence electrons. The van der Waals surface area contributed by atoms with Crippen LogP contribution in [0.4, 0.5) is 5.69 Å². The van der Waals surface area contributed by atoms with E-state index in [2.05, 4.69) is 16.5 Å². The van der Waals surface area contributed by atoms with Crippen LogP contribution >= 0.6 is 0 Å². The van der Waals surface area contributed by atoms with Crippen molar-refractivity contribution in [3.8, 4) is 5.69 Å². The van der Waals surface area contributed by atoms with E-state index < -0.39 is 0 Å². The van der Waals surface area contributed by atoms with Gasteiger partial charge in [0.25, 0.3) is 0 Å². The molecule has 0 saturated carbocycles. The molecule has 4 nitrogen and oxygen atoms in total. The van der Waals surface area contributed by atoms with Crippen molar-refractivity contribution in [3.05, 3.63) is 83.7 Å². The zero-order valence-corrected chi connectivity index (χ0v) is 13.7. The minimum atomic E-state index is -0.160. The number of hydrogen-bond donors (Lipinski definition) is 1. The Hall–Kier alpha value is -3.14. The molecule has 0 radical (unpaired) electrons. The van der Waals surface area contributed by atoms with Gasteiger partial charge in [-0.1, -0.05) is 24.3 Å². The van der Waals surface area contributed by atoms with E-state index in [1.165, 1.54) is 6.08 Å². The van der Waals surface area contributed by atoms with E-state index in [9.17, 15) is 4.79 Å². The Morgan fingerprint density at radius 2 is 1.79 bits per heavy atom. The molecule has 1 N–H and O–H groups in total. The number of aromatic nitrogens is 2. The number of rotatable bonds is 4. The number of hydrogen-bond acceptors (Lipinski definition) is 2. The molecule has 1 aromatic heterocycles. The van der Waals surface area contributed by atoms with Gasteiger partial charge in [-0.15, -0.1) is 0 Å². The first kappa shape index (κ1) is 15.7. The second-order valence-corrected chi connectivity index (χ2v) is 5.75. The predicted octanol–water partition coefficient (Wildman–Crippen LogP) is 4.14. The lowest BCUT2D eigenvalue weighted by atomic mass is 10.1. The fourth-order valence-electron chi connectivity index (χ4n) is 2.55. The standard InChI is InChI=1S/C20H19N3O/c1-15-10-16(2)12-18(11-15)22-20(24)9-8-17-13-21-23(14-17)19-6-4-3-5-7-19/h3-14H,1-2H3,(H,22,24)/b9-8+. The molecule has 4 heteroatoms. The van der Waals surface area contributed by atoms with Gasteiger partial charge in [0.2, 0.25) is 5.91 Å². The van der Waals surface area contributed by atoms with Gasteiger partial charge in [-0.2, -0.15) is 5.10 Å². The highest BCUT2D eigenvalue weighted by Crippen LogP contribution is 2.14. The third-order valence-electron chi connectivity index (χ3n) is 3.54. The number of para-hydroxylation sites is 1. The van der Waals surface area contributed by atoms with Crippen LogP contribution in [-0.4, -0.2) is 15.7 Å². The Labute approximate surface area is 141 Å². The summed E-state index contributed by atoms with van der Waals surface area (Å²) in [5, 5.41) is 7.18. The zero-order chi connectivity index (χ0) is 16.9. The molecule has 1 heterocycles. The number of aryl methyl sites for hydroxylation is 2. The van der Waals surface area contributed by atoms with Crippen LogP contribution in [0.5, 0.6) is 0 Å². The third-order valence-corrected chi connectivity index (χ3v) is 3.54. The maximum absolute atomic E-state index is 12.1. The van der Waals surface area contributed by atoms with Crippen LogP contribution in [0, 0.1) is 13.8 Å². The number of anilines is 1. The first-order chi connectivity index (χ1) is 11.6. The summed E-state index contributed by atoms with van der Waals surface area (Å²) in [7, 11) is 0. The van der Waals surface area contributed by atoms with Crippen LogP contribution in [0.15, 0.2) is 67.0 Å². The van der Waals surface area contributed by atoms with Crippen LogP contribution in [-0.2, 0) is 4.79 Å². The van der Waals surface area contributed by atoms with Crippen molar-refractivity contribution in [1.29, 1.82) is 0 Å². The second-order valence-electron chi connectivity index (χ2n) is 5.75. The van der Waals surface area contributed by atoms with Crippen molar-refractivity contribution < 1.29 is 4.79 Å². The zero-order valence-electron chi connectivity index (χ0n) is 13.7. The van der Waals surface area contributed by atoms with E-state index in [1.54, 1.807) is 17.0 Å². The number of benzene rings is 2. The van der Waals surface area contributed by atoms with E-state index in [0.29, 0.717) is 0 Å². The van der Waals surface area contributed by atoms with Gasteiger partial charge in [0.05, 0.1) is 11.9 Å². The minimum absolute atomic E-state index is 0.160. The summed E-state index contributed by atoms with van der Waals surface area (Å²) in [5.74, 6) is -0.160. The molecule has 0 unspecified atom stereocenters. The quantitative estimate of drug-likeness (QED) is 0.735. The Kier molecular flexibility index (Phi) is 4.57. The lowest BCUT2D eigenvalue weighted by Gasteiger charge is -2.05. The molecule has 0 fully saturated rings. The SMILES string of the molecule is Cc1cc(C)cc(NC(=O)/C=C/c2cnn(-c3ccccc3)c2)c1. The first-order valence-electron chi connectivity index (χ1n) is 7.77. The first-order valence-corrected chi connectivity index (χ1v) is 7.77. The number of carbonyl (C=O) groups excluding carboxylic acids is 1. The van der Waals surface area contributed by atoms with Gasteiger partial charge < -0.3 is 5.32 Å². The third kappa shape index (κ3) is 3.98. The highest BCUT2D eigenvalue weighted by molar-refractivity contribution is 6.02. The van der Waals surface area contributed by atoms with Crippen LogP contribution < -0.4 is 5.32 Å². The number of nitrogens with zero attached hydrogens (tertiary/aromatic N) is 2. The second kappa shape index (κ2) is 6.96. The number of nitrogens with one attached hydrogen (secondary N) is 1. The highest BCUT2D eigenvalue weighted by atomic mass is 16.1. The molecule has 24 heavy (non-hydrogen) atoms. The van der Waals surface area contributed by atoms with Gasteiger partial charge in [0, 0.05) is 23.5 Å². The largest absolute Gasteiger partial charge is 0.322 e. The molecule has 0 aliphatic carbocycles. The average Bonchev–Trinajstić information content (AvgIpc) is 3.02. The number of amides is 1. The molecule has 0 bridgehead atoms. The van der Waals surface area contributed by atoms with Gasteiger partial charge in [-0.25, -0.2) is 4.68 Å². The molecule has 3 rings (SSSR count). The summed E-state index contributed by atoms with van der Waals surface area (Å²) in [4.78, 5) is 12.1. The molecular formula is C20H19N3O. The molecule has 0 aliphatic rings. The van der Waals surface area contributed by atoms with Gasteiger partial charge in [0.1, 0.15) is 0 Å². The van der Waals surface area contributed by atoms with E-state index in [-0.39, 0.29) is 5.91 Å². The Morgan fingerprint density at radius 1 is 1.08 bits per heavy atom. The van der Waals surface area contributed by atoms with Crippen LogP contribution in [0.3, 0.4) is 0 Å². The van der Waals surface area contributed by atoms with Crippen LogP contribution in [0.2, 0.25) is 0 Å². The van der Waals surface area contributed by atoms with E-state index in [1.807, 2.05) is 62.5 Å². The lowest BCUT2D eigenvalue weighted by Crippen LogP contribution is -2.07. The van der Waals surface area contributed by atoms with Gasteiger partial charge in [-0.3, -0.25) is 4.79 Å². The minimum Gasteiger partial charge on any atom is -0.322 e. The predicted molar refractivity (Wildman–Crippen MR) is 97.1 cm³/mol. The Balaban J connectivity index is 1.67. The average molecular weight is 317 g/mol. The summed E-state index contributed by atoms with van der Waals surface area (Å²) in [6, 6.07) is 15.8. The molecule has 3 aromatic rings. The van der Waals surface area contributed by atoms with Crippen molar-refractivity contribution in [2.45, 2.75) is 13.8 Å². The van der Waals surface area contributed by atoms with E-state index in [0.717, 1.165) is 28.1 Å². The lowest BCUT2D eigenvalue weighted by molar-refractivity contribution is -0.111. The van der Waals surface area contributed by atoms with Crippen molar-refractivity contribution in [1.82, 2.24) is 9.78 Å². The van der Waals surface area contributed by atoms with Crippen molar-refractivity contribution in [3.63, 3.8) is 0 Å². The maximum Gasteiger partial charge on any atom is 0.248 e. The maximum atomic E-state index is 12.1. The van der Waals surface area contributed by atoms with Crippen LogP contribution in [0.1, 0.15) is 16.7 Å². The topological polar surface area (TPSA) is 46.9 Å². The smallest absolute Gasteiger partial charge is 0.248 e. The normalized spacial score (nSPS) is 10.9. The number of carbonyl (C=O) groups is 1. The van der Waals surface area contributed by atoms with Crippen LogP contribution in [0.25, 0.3) is 11.8 Å². The monoisotopic (exact) mass is 317 g/mol. The summed E-state index contributed by atoms with van der Waals surface area (Å²) in [6.45, 7) is 4.02. The summed E-state index contributed by atoms with van der Waals surface area (Å²) >= 11 is 0. The summed E-state index contributed by atoms with van der Waals surface area (Å²) in [6.07, 6.45) is 6.89. The van der Waals surface area contributed by atoms with Crippen molar-refractivity contribution >= 4 is 17.7 Å². The summed E-state index contributed by atoms with van der Waals surface area (Å²) < 4.78 is 1.78. The fourth-order valence-corrected chi connectivity index (χ4v) is 2.55. The molecule has 1 amide bonds. The molecule has 0 atom stereocenters. The van der Waals surface area contributed by atoms with Crippen molar-refractivity contribution in [2.75, 3.05) is 5.32 Å². The molecule has 0 aliphatic heterocycles. The molecule has 2 aromatic carbocycles. The van der Waals surface area contributed by atoms with Crippen molar-refractivity contribution in [2.24, 2.45) is 0 Å². The fraction of sp³-hybridized carbons (Fsp3) is 0.100. The summed E-state index contributed by atoms with van der Waals surface area (Å²) in [5.41, 5.74) is 4.91. The highest BCUT2D eigenvalue weighted by Gasteiger charge is 2.01. The molecule has 0 saturated heterocycles. The van der Waals surface area contributed by atoms with Gasteiger partial charge in [0.15, 0.2) is 0 Å². The Morgan fingerprint density at radius 3 is 2.50 bits per heavy atom. The molecular weight excluding hydrogens is 298 g/mol. The Bertz CT molecular complexity index is 859. The van der Waals surface area contributed by atoms with Gasteiger partial charge >= 0.3 is 0 Å². The molecule has 0 spiro atoms. The van der Waals surface area contributed by atoms with E-state index >= 15 is 0 Å². The van der Waals surface area contributed by atoms with E-state index in [4.69, 9.17) is 0 Å².